The molecule has 0 aromatic heterocycles. The standard InChI is InChI=1S/C17H17ClN2O4S/c1-24-17(21)19-14-7-4-12-3-2-10-20(16(12)11-14)25(22,23)15-8-5-13(18)6-9-15/h4-9,11H,2-3,10H2,1H3,(H,19,21). The Bertz CT molecular complexity index is 897. The van der Waals surface area contributed by atoms with Gasteiger partial charge in [0.1, 0.15) is 0 Å². The number of amides is 1. The van der Waals surface area contributed by atoms with Gasteiger partial charge >= 0.3 is 6.09 Å². The molecule has 0 fully saturated rings. The Hall–Kier alpha value is -2.25. The number of hydrogen-bond donors (Lipinski definition) is 1. The highest BCUT2D eigenvalue weighted by molar-refractivity contribution is 7.92. The van der Waals surface area contributed by atoms with Crippen LogP contribution in [0.2, 0.25) is 5.02 Å². The summed E-state index contributed by atoms with van der Waals surface area (Å²) in [5, 5.41) is 3.04. The number of methoxy groups -OCH3 is 1. The summed E-state index contributed by atoms with van der Waals surface area (Å²) in [4.78, 5) is 11.6. The highest BCUT2D eigenvalue weighted by atomic mass is 35.5. The Morgan fingerprint density at radius 2 is 1.92 bits per heavy atom. The van der Waals surface area contributed by atoms with Gasteiger partial charge in [-0.3, -0.25) is 9.62 Å². The maximum Gasteiger partial charge on any atom is 0.411 e. The van der Waals surface area contributed by atoms with Crippen LogP contribution in [0.25, 0.3) is 0 Å². The zero-order valence-electron chi connectivity index (χ0n) is 13.5. The number of hydrogen-bond acceptors (Lipinski definition) is 4. The van der Waals surface area contributed by atoms with Gasteiger partial charge in [0.15, 0.2) is 0 Å². The van der Waals surface area contributed by atoms with Crippen molar-refractivity contribution >= 4 is 39.1 Å². The molecule has 2 aromatic carbocycles. The molecule has 0 bridgehead atoms. The number of halogens is 1. The summed E-state index contributed by atoms with van der Waals surface area (Å²) in [5.74, 6) is 0. The van der Waals surface area contributed by atoms with Gasteiger partial charge in [-0.15, -0.1) is 0 Å². The number of nitrogens with zero attached hydrogens (tertiary/aromatic N) is 1. The van der Waals surface area contributed by atoms with Crippen molar-refractivity contribution in [3.63, 3.8) is 0 Å². The predicted octanol–water partition coefficient (Wildman–Crippen LogP) is 3.66. The van der Waals surface area contributed by atoms with E-state index in [9.17, 15) is 13.2 Å². The first-order chi connectivity index (χ1) is 11.9. The lowest BCUT2D eigenvalue weighted by atomic mass is 10.0. The molecule has 0 unspecified atom stereocenters. The number of benzene rings is 2. The Morgan fingerprint density at radius 3 is 2.60 bits per heavy atom. The molecule has 3 rings (SSSR count). The fourth-order valence-electron chi connectivity index (χ4n) is 2.77. The average molecular weight is 381 g/mol. The average Bonchev–Trinajstić information content (AvgIpc) is 2.61. The van der Waals surface area contributed by atoms with Crippen LogP contribution in [0.5, 0.6) is 0 Å². The van der Waals surface area contributed by atoms with E-state index in [4.69, 9.17) is 11.6 Å². The highest BCUT2D eigenvalue weighted by Crippen LogP contribution is 2.34. The summed E-state index contributed by atoms with van der Waals surface area (Å²) >= 11 is 5.85. The molecule has 0 aliphatic carbocycles. The van der Waals surface area contributed by atoms with E-state index in [-0.39, 0.29) is 4.90 Å². The third-order valence-corrected chi connectivity index (χ3v) is 6.07. The lowest BCUT2D eigenvalue weighted by Crippen LogP contribution is -2.35. The van der Waals surface area contributed by atoms with Gasteiger partial charge in [-0.05, 0) is 54.8 Å². The van der Waals surface area contributed by atoms with Crippen molar-refractivity contribution in [2.75, 3.05) is 23.3 Å². The molecule has 1 amide bonds. The van der Waals surface area contributed by atoms with Gasteiger partial charge in [-0.2, -0.15) is 0 Å². The van der Waals surface area contributed by atoms with Crippen LogP contribution >= 0.6 is 11.6 Å². The Labute approximate surface area is 151 Å². The monoisotopic (exact) mass is 380 g/mol. The van der Waals surface area contributed by atoms with Crippen LogP contribution in [-0.2, 0) is 21.2 Å². The number of sulfonamides is 1. The number of aryl methyl sites for hydroxylation is 1. The SMILES string of the molecule is COC(=O)Nc1ccc2c(c1)N(S(=O)(=O)c1ccc(Cl)cc1)CCC2. The van der Waals surface area contributed by atoms with Gasteiger partial charge in [0.05, 0.1) is 17.7 Å². The van der Waals surface area contributed by atoms with Crippen LogP contribution in [0.15, 0.2) is 47.4 Å². The van der Waals surface area contributed by atoms with Gasteiger partial charge in [-0.25, -0.2) is 13.2 Å². The van der Waals surface area contributed by atoms with E-state index in [1.54, 1.807) is 24.3 Å². The lowest BCUT2D eigenvalue weighted by molar-refractivity contribution is 0.187. The lowest BCUT2D eigenvalue weighted by Gasteiger charge is -2.31. The molecular weight excluding hydrogens is 364 g/mol. The van der Waals surface area contributed by atoms with E-state index in [0.717, 1.165) is 18.4 Å². The second-order valence-electron chi connectivity index (χ2n) is 5.59. The molecule has 8 heteroatoms. The first kappa shape index (κ1) is 17.6. The van der Waals surface area contributed by atoms with Gasteiger partial charge in [0.2, 0.25) is 0 Å². The molecule has 2 aromatic rings. The van der Waals surface area contributed by atoms with E-state index in [2.05, 4.69) is 10.1 Å². The summed E-state index contributed by atoms with van der Waals surface area (Å²) in [6.07, 6.45) is 0.896. The summed E-state index contributed by atoms with van der Waals surface area (Å²) in [6, 6.07) is 11.3. The molecular formula is C17H17ClN2O4S. The predicted molar refractivity (Wildman–Crippen MR) is 96.8 cm³/mol. The number of ether oxygens (including phenoxy) is 1. The van der Waals surface area contributed by atoms with Gasteiger partial charge in [0.25, 0.3) is 10.0 Å². The molecule has 0 saturated carbocycles. The van der Waals surface area contributed by atoms with E-state index >= 15 is 0 Å². The molecule has 6 nitrogen and oxygen atoms in total. The van der Waals surface area contributed by atoms with Crippen molar-refractivity contribution in [3.05, 3.63) is 53.1 Å². The van der Waals surface area contributed by atoms with Crippen LogP contribution in [0.3, 0.4) is 0 Å². The number of carbonyl (C=O) groups excluding carboxylic acids is 1. The second-order valence-corrected chi connectivity index (χ2v) is 7.89. The summed E-state index contributed by atoms with van der Waals surface area (Å²) < 4.78 is 32.0. The van der Waals surface area contributed by atoms with Crippen molar-refractivity contribution in [2.24, 2.45) is 0 Å². The first-order valence-corrected chi connectivity index (χ1v) is 9.50. The van der Waals surface area contributed by atoms with Crippen molar-refractivity contribution < 1.29 is 17.9 Å². The number of carbonyl (C=O) groups is 1. The Kier molecular flexibility index (Phi) is 4.87. The molecule has 132 valence electrons. The molecule has 0 saturated heterocycles. The largest absolute Gasteiger partial charge is 0.453 e. The normalized spacial score (nSPS) is 13.9. The number of anilines is 2. The minimum absolute atomic E-state index is 0.177. The molecule has 1 aliphatic heterocycles. The van der Waals surface area contributed by atoms with Gasteiger partial charge in [0, 0.05) is 17.3 Å². The minimum atomic E-state index is -3.71. The Morgan fingerprint density at radius 1 is 1.20 bits per heavy atom. The maximum absolute atomic E-state index is 13.0. The molecule has 0 atom stereocenters. The van der Waals surface area contributed by atoms with E-state index in [1.165, 1.54) is 23.5 Å². The number of nitrogens with one attached hydrogen (secondary N) is 1. The second kappa shape index (κ2) is 6.93. The third kappa shape index (κ3) is 3.57. The van der Waals surface area contributed by atoms with Gasteiger partial charge in [-0.1, -0.05) is 17.7 Å². The van der Waals surface area contributed by atoms with Crippen LogP contribution in [0, 0.1) is 0 Å². The minimum Gasteiger partial charge on any atom is -0.453 e. The van der Waals surface area contributed by atoms with E-state index < -0.39 is 16.1 Å². The number of rotatable bonds is 3. The first-order valence-electron chi connectivity index (χ1n) is 7.68. The van der Waals surface area contributed by atoms with Crippen LogP contribution < -0.4 is 9.62 Å². The van der Waals surface area contributed by atoms with Crippen LogP contribution in [0.1, 0.15) is 12.0 Å². The summed E-state index contributed by atoms with van der Waals surface area (Å²) in [5.41, 5.74) is 1.96. The fraction of sp³-hybridized carbons (Fsp3) is 0.235. The molecule has 0 spiro atoms. The quantitative estimate of drug-likeness (QED) is 0.881. The van der Waals surface area contributed by atoms with Crippen molar-refractivity contribution in [1.29, 1.82) is 0 Å². The zero-order chi connectivity index (χ0) is 18.0. The molecule has 1 N–H and O–H groups in total. The molecule has 25 heavy (non-hydrogen) atoms. The maximum atomic E-state index is 13.0. The number of fused-ring (bicyclic) bond motifs is 1. The highest BCUT2D eigenvalue weighted by Gasteiger charge is 2.29. The van der Waals surface area contributed by atoms with E-state index in [0.29, 0.717) is 22.9 Å². The summed E-state index contributed by atoms with van der Waals surface area (Å²) in [7, 11) is -2.44. The van der Waals surface area contributed by atoms with Gasteiger partial charge < -0.3 is 4.74 Å². The fourth-order valence-corrected chi connectivity index (χ4v) is 4.43. The van der Waals surface area contributed by atoms with Crippen molar-refractivity contribution in [3.8, 4) is 0 Å². The smallest absolute Gasteiger partial charge is 0.411 e. The molecule has 0 radical (unpaired) electrons. The van der Waals surface area contributed by atoms with E-state index in [1.807, 2.05) is 6.07 Å². The Balaban J connectivity index is 2.01. The van der Waals surface area contributed by atoms with Crippen LogP contribution in [-0.4, -0.2) is 28.2 Å². The zero-order valence-corrected chi connectivity index (χ0v) is 15.1. The van der Waals surface area contributed by atoms with Crippen molar-refractivity contribution in [1.82, 2.24) is 0 Å². The third-order valence-electron chi connectivity index (χ3n) is 3.99. The van der Waals surface area contributed by atoms with Crippen molar-refractivity contribution in [2.45, 2.75) is 17.7 Å². The summed E-state index contributed by atoms with van der Waals surface area (Å²) in [6.45, 7) is 0.375. The topological polar surface area (TPSA) is 75.7 Å². The van der Waals surface area contributed by atoms with Crippen LogP contribution in [0.4, 0.5) is 16.2 Å². The molecule has 1 aliphatic rings. The molecule has 1 heterocycles.